The van der Waals surface area contributed by atoms with Crippen molar-refractivity contribution in [3.63, 3.8) is 0 Å². The fraction of sp³-hybridized carbons (Fsp3) is 0.317. The van der Waals surface area contributed by atoms with Crippen molar-refractivity contribution < 1.29 is 4.74 Å². The summed E-state index contributed by atoms with van der Waals surface area (Å²) in [6, 6.07) is 57.0. The van der Waals surface area contributed by atoms with E-state index in [9.17, 15) is 40.2 Å². The fourth-order valence-electron chi connectivity index (χ4n) is 13.9. The van der Waals surface area contributed by atoms with Gasteiger partial charge in [-0.1, -0.05) is 121 Å². The van der Waals surface area contributed by atoms with E-state index in [1.54, 1.807) is 74.5 Å². The Bertz CT molecular complexity index is 5230. The molecule has 4 saturated heterocycles. The standard InChI is InChI=1S/C24H26N6O.C23H23N5O2.C18H21N5O.C17H19N5O/c1-29-22(17-8-3-2-4-9-17)28-23(30-13-7-11-19(26)16-30)20(24(29)31)15-27-21-12-6-5-10-18(21)14-25;1-27-21(16-8-3-2-4-9-16)26-22(28-13-7-11-18(25)15-28)20(23(27)29)30-19-12-6-5-10-17(19)14-24;1-22-12-21-17(23-8-4-7-15(20)11-23)16(18(22)24)9-13-5-2-3-6-14(13)10-19;18-9-13-5-2-1-4-12(13)8-15-16(20-11-21-17(15)23)22-7-3-6-14(19)10-22/h2-6,8-10,12,19,27H,7,11,13,15-16,26H2,1H3;2-6,8-10,12,18H,7,11,13,15,25H2,1H3;2-3,5-6,12,15H,4,7-9,11,20H2,1H3;1-2,4-5,11,14H,3,6-8,10,19H2,(H,20,21,23)/t19-;18-;15-;14-/m1111/s1. The van der Waals surface area contributed by atoms with Crippen molar-refractivity contribution in [2.24, 2.45) is 44.1 Å². The van der Waals surface area contributed by atoms with Crippen molar-refractivity contribution >= 4 is 29.0 Å². The highest BCUT2D eigenvalue weighted by atomic mass is 16.5. The highest BCUT2D eigenvalue weighted by Crippen LogP contribution is 2.34. The third kappa shape index (κ3) is 18.6. The van der Waals surface area contributed by atoms with E-state index in [1.807, 2.05) is 120 Å². The number of rotatable bonds is 15. The molecule has 8 heterocycles. The normalized spacial score (nSPS) is 16.8. The molecule has 4 atom stereocenters. The molecule has 26 nitrogen and oxygen atoms in total. The largest absolute Gasteiger partial charge is 0.446 e. The first-order valence-corrected chi connectivity index (χ1v) is 36.3. The Labute approximate surface area is 627 Å². The number of hydrogen-bond acceptors (Lipinski definition) is 22. The van der Waals surface area contributed by atoms with Crippen LogP contribution >= 0.6 is 0 Å². The molecule has 108 heavy (non-hydrogen) atoms. The number of benzene rings is 6. The molecule has 0 bridgehead atoms. The van der Waals surface area contributed by atoms with Gasteiger partial charge in [-0.2, -0.15) is 21.0 Å². The molecule has 14 rings (SSSR count). The lowest BCUT2D eigenvalue weighted by molar-refractivity contribution is 0.452. The van der Waals surface area contributed by atoms with Gasteiger partial charge < -0.3 is 62.1 Å². The van der Waals surface area contributed by atoms with Crippen molar-refractivity contribution in [1.82, 2.24) is 38.6 Å². The number of H-pyrrole nitrogens is 1. The minimum absolute atomic E-state index is 0.00373. The number of aryl methyl sites for hydroxylation is 1. The number of ether oxygens (including phenoxy) is 1. The highest BCUT2D eigenvalue weighted by molar-refractivity contribution is 5.65. The first-order valence-electron chi connectivity index (χ1n) is 36.3. The van der Waals surface area contributed by atoms with Gasteiger partial charge in [0.05, 0.1) is 69.4 Å². The molecule has 0 saturated carbocycles. The number of para-hydroxylation sites is 2. The Balaban J connectivity index is 0.000000144. The molecular formula is C82H89N21O5. The lowest BCUT2D eigenvalue weighted by Gasteiger charge is -2.33. The van der Waals surface area contributed by atoms with Gasteiger partial charge in [-0.3, -0.25) is 28.3 Å². The number of piperidine rings is 4. The van der Waals surface area contributed by atoms with Gasteiger partial charge in [0, 0.05) is 128 Å². The van der Waals surface area contributed by atoms with Crippen LogP contribution in [0.3, 0.4) is 0 Å². The van der Waals surface area contributed by atoms with Crippen LogP contribution in [0.4, 0.5) is 29.0 Å². The number of nitrogens with zero attached hydrogens (tertiary/aromatic N) is 15. The Kier molecular flexibility index (Phi) is 25.8. The number of nitrogens with one attached hydrogen (secondary N) is 2. The summed E-state index contributed by atoms with van der Waals surface area (Å²) in [5, 5.41) is 40.6. The van der Waals surface area contributed by atoms with Crippen LogP contribution < -0.4 is 74.8 Å². The molecule has 10 N–H and O–H groups in total. The van der Waals surface area contributed by atoms with Crippen molar-refractivity contribution in [2.45, 2.75) is 94.9 Å². The number of anilines is 5. The average Bonchev–Trinajstić information content (AvgIpc) is 0.806. The van der Waals surface area contributed by atoms with Crippen molar-refractivity contribution in [2.75, 3.05) is 77.3 Å². The second-order valence-corrected chi connectivity index (χ2v) is 27.3. The maximum Gasteiger partial charge on any atom is 0.298 e. The summed E-state index contributed by atoms with van der Waals surface area (Å²) >= 11 is 0. The molecular weight excluding hydrogens is 1360 g/mol. The zero-order valence-electron chi connectivity index (χ0n) is 61.0. The third-order valence-corrected chi connectivity index (χ3v) is 19.5. The molecule has 0 radical (unpaired) electrons. The van der Waals surface area contributed by atoms with E-state index in [4.69, 9.17) is 37.6 Å². The molecule has 6 aromatic carbocycles. The Morgan fingerprint density at radius 1 is 0.463 bits per heavy atom. The van der Waals surface area contributed by atoms with Crippen LogP contribution in [0.1, 0.15) is 101 Å². The monoisotopic (exact) mass is 1450 g/mol. The molecule has 0 unspecified atom stereocenters. The predicted octanol–water partition coefficient (Wildman–Crippen LogP) is 8.23. The van der Waals surface area contributed by atoms with Gasteiger partial charge in [0.1, 0.15) is 47.0 Å². The molecule has 26 heteroatoms. The zero-order chi connectivity index (χ0) is 76.2. The Hall–Kier alpha value is -12.6. The zero-order valence-corrected chi connectivity index (χ0v) is 61.0. The lowest BCUT2D eigenvalue weighted by Crippen LogP contribution is -2.45. The minimum atomic E-state index is -0.314. The summed E-state index contributed by atoms with van der Waals surface area (Å²) in [4.78, 5) is 81.4. The van der Waals surface area contributed by atoms with Crippen LogP contribution in [0.2, 0.25) is 0 Å². The van der Waals surface area contributed by atoms with Crippen LogP contribution in [0.5, 0.6) is 11.5 Å². The van der Waals surface area contributed by atoms with Gasteiger partial charge in [0.15, 0.2) is 5.82 Å². The molecule has 4 aliphatic rings. The Morgan fingerprint density at radius 3 is 1.39 bits per heavy atom. The first-order chi connectivity index (χ1) is 52.4. The number of hydrogen-bond donors (Lipinski definition) is 6. The first kappa shape index (κ1) is 76.6. The van der Waals surface area contributed by atoms with Gasteiger partial charge in [-0.05, 0) is 98.9 Å². The van der Waals surface area contributed by atoms with E-state index in [-0.39, 0.29) is 58.7 Å². The van der Waals surface area contributed by atoms with Crippen molar-refractivity contribution in [1.29, 1.82) is 21.0 Å². The summed E-state index contributed by atoms with van der Waals surface area (Å²) in [6.07, 6.45) is 11.5. The fourth-order valence-corrected chi connectivity index (χ4v) is 13.9. The van der Waals surface area contributed by atoms with E-state index < -0.39 is 0 Å². The number of nitrogens with two attached hydrogens (primary N) is 4. The molecule has 4 aliphatic heterocycles. The van der Waals surface area contributed by atoms with Crippen LogP contribution in [-0.2, 0) is 40.5 Å². The number of aromatic nitrogens is 8. The summed E-state index contributed by atoms with van der Waals surface area (Å²) in [7, 11) is 5.11. The van der Waals surface area contributed by atoms with Crippen LogP contribution in [-0.4, -0.2) is 115 Å². The van der Waals surface area contributed by atoms with E-state index in [2.05, 4.69) is 59.2 Å². The SMILES string of the molecule is Cn1c(-c2ccccc2)nc(N2CCC[C@@H](N)C2)c(CNc2ccccc2C#N)c1=O.Cn1c(-c2ccccc2)nc(N2CCC[C@@H](N)C2)c(Oc2ccccc2C#N)c1=O.Cn1cnc(N2CCC[C@@H](N)C2)c(Cc2ccccc2C#N)c1=O.N#Cc1ccccc1Cc1c(N2CCC[C@@H](N)C2)nc[nH]c1=O. The van der Waals surface area contributed by atoms with Gasteiger partial charge in [0.25, 0.3) is 22.2 Å². The molecule has 0 aliphatic carbocycles. The van der Waals surface area contributed by atoms with E-state index >= 15 is 0 Å². The Morgan fingerprint density at radius 2 is 0.880 bits per heavy atom. The summed E-state index contributed by atoms with van der Waals surface area (Å²) < 4.78 is 10.6. The summed E-state index contributed by atoms with van der Waals surface area (Å²) in [5.74, 6) is 4.11. The van der Waals surface area contributed by atoms with Gasteiger partial charge >= 0.3 is 0 Å². The second kappa shape index (κ2) is 36.4. The van der Waals surface area contributed by atoms with Gasteiger partial charge in [-0.15, -0.1) is 0 Å². The van der Waals surface area contributed by atoms with Crippen LogP contribution in [0.25, 0.3) is 22.8 Å². The molecule has 552 valence electrons. The predicted molar refractivity (Wildman–Crippen MR) is 419 cm³/mol. The quantitative estimate of drug-likeness (QED) is 0.0562. The molecule has 4 fully saturated rings. The van der Waals surface area contributed by atoms with Gasteiger partial charge in [-0.25, -0.2) is 19.9 Å². The molecule has 0 amide bonds. The molecule has 0 spiro atoms. The summed E-state index contributed by atoms with van der Waals surface area (Å²) in [6.45, 7) is 6.16. The number of nitriles is 4. The highest BCUT2D eigenvalue weighted by Gasteiger charge is 2.30. The summed E-state index contributed by atoms with van der Waals surface area (Å²) in [5.41, 5.74) is 31.8. The maximum atomic E-state index is 13.4. The van der Waals surface area contributed by atoms with Crippen LogP contribution in [0, 0.1) is 45.3 Å². The van der Waals surface area contributed by atoms with Crippen molar-refractivity contribution in [3.8, 4) is 58.6 Å². The molecule has 10 aromatic rings. The van der Waals surface area contributed by atoms with Crippen LogP contribution in [0.15, 0.2) is 190 Å². The van der Waals surface area contributed by atoms with Gasteiger partial charge in [0.2, 0.25) is 5.75 Å². The number of aromatic amines is 1. The third-order valence-electron chi connectivity index (χ3n) is 19.5. The lowest BCUT2D eigenvalue weighted by atomic mass is 10.00. The topological polar surface area (TPSA) is 384 Å². The van der Waals surface area contributed by atoms with Crippen molar-refractivity contribution in [3.05, 3.63) is 262 Å². The smallest absolute Gasteiger partial charge is 0.298 e. The minimum Gasteiger partial charge on any atom is -0.446 e. The van der Waals surface area contributed by atoms with E-state index in [0.29, 0.717) is 124 Å². The average molecular weight is 1450 g/mol. The second-order valence-electron chi connectivity index (χ2n) is 27.3. The van der Waals surface area contributed by atoms with E-state index in [0.717, 1.165) is 99.8 Å². The molecule has 4 aromatic heterocycles. The van der Waals surface area contributed by atoms with E-state index in [1.165, 1.54) is 15.5 Å². The maximum absolute atomic E-state index is 13.4.